The van der Waals surface area contributed by atoms with Gasteiger partial charge in [0.05, 0.1) is 6.54 Å². The smallest absolute Gasteiger partial charge is 0.249 e. The summed E-state index contributed by atoms with van der Waals surface area (Å²) in [6, 6.07) is 5.32. The van der Waals surface area contributed by atoms with Crippen LogP contribution in [-0.4, -0.2) is 47.7 Å². The molecule has 0 N–H and O–H groups in total. The highest BCUT2D eigenvalue weighted by atomic mass is 35.5. The molecular weight excluding hydrogens is 406 g/mol. The molecule has 2 aromatic heterocycles. The molecule has 1 aromatic carbocycles. The average Bonchev–Trinajstić information content (AvgIpc) is 3.35. The number of halogens is 1. The third-order valence-electron chi connectivity index (χ3n) is 4.99. The van der Waals surface area contributed by atoms with Crippen molar-refractivity contribution in [3.05, 3.63) is 58.0 Å². The number of tetrazole rings is 1. The molecule has 9 nitrogen and oxygen atoms in total. The first-order chi connectivity index (χ1) is 14.5. The van der Waals surface area contributed by atoms with Crippen molar-refractivity contribution in [1.82, 2.24) is 35.2 Å². The highest BCUT2D eigenvalue weighted by Gasteiger charge is 2.30. The van der Waals surface area contributed by atoms with Crippen LogP contribution in [0.1, 0.15) is 54.0 Å². The Hall–Kier alpha value is -3.07. The van der Waals surface area contributed by atoms with Gasteiger partial charge in [0, 0.05) is 17.6 Å². The first-order valence-corrected chi connectivity index (χ1v) is 10.2. The van der Waals surface area contributed by atoms with Gasteiger partial charge in [-0.15, -0.1) is 10.2 Å². The van der Waals surface area contributed by atoms with E-state index in [0.29, 0.717) is 35.7 Å². The number of benzene rings is 1. The summed E-state index contributed by atoms with van der Waals surface area (Å²) in [6.45, 7) is 4.62. The van der Waals surface area contributed by atoms with Gasteiger partial charge in [-0.3, -0.25) is 4.79 Å². The minimum absolute atomic E-state index is 0.0915. The molecule has 3 heterocycles. The van der Waals surface area contributed by atoms with Gasteiger partial charge in [0.2, 0.25) is 11.8 Å². The third kappa shape index (κ3) is 4.56. The molecule has 1 amide bonds. The van der Waals surface area contributed by atoms with Crippen LogP contribution in [0.2, 0.25) is 5.02 Å². The fraction of sp³-hybridized carbons (Fsp3) is 0.400. The molecule has 0 saturated carbocycles. The van der Waals surface area contributed by atoms with Crippen LogP contribution in [0.5, 0.6) is 0 Å². The lowest BCUT2D eigenvalue weighted by molar-refractivity contribution is -0.130. The van der Waals surface area contributed by atoms with E-state index in [1.807, 2.05) is 12.1 Å². The lowest BCUT2D eigenvalue weighted by Gasteiger charge is -2.32. The number of amides is 1. The second kappa shape index (κ2) is 8.74. The largest absolute Gasteiger partial charge is 0.337 e. The molecule has 1 fully saturated rings. The standard InChI is InChI=1S/C20H22ClN7O2/c1-13-22-20(30-25-13)18-5-3-4-10-27(18)19(29)9-7-15-6-8-17(21)11-16(15)12-28-24-14(2)23-26-28/h6-9,11,18H,3-5,10,12H2,1-2H3/b9-7+. The Bertz CT molecular complexity index is 1070. The summed E-state index contributed by atoms with van der Waals surface area (Å²) in [5, 5.41) is 16.6. The number of likely N-dealkylation sites (tertiary alicyclic amines) is 1. The van der Waals surface area contributed by atoms with Crippen molar-refractivity contribution >= 4 is 23.6 Å². The summed E-state index contributed by atoms with van der Waals surface area (Å²) in [5.74, 6) is 1.57. The molecule has 1 atom stereocenters. The maximum atomic E-state index is 13.0. The number of aromatic nitrogens is 6. The Kier molecular flexibility index (Phi) is 5.89. The predicted octanol–water partition coefficient (Wildman–Crippen LogP) is 3.14. The van der Waals surface area contributed by atoms with Gasteiger partial charge in [-0.25, -0.2) is 0 Å². The van der Waals surface area contributed by atoms with Gasteiger partial charge in [-0.2, -0.15) is 9.78 Å². The van der Waals surface area contributed by atoms with Crippen LogP contribution < -0.4 is 0 Å². The van der Waals surface area contributed by atoms with Gasteiger partial charge in [-0.05, 0) is 67.7 Å². The van der Waals surface area contributed by atoms with Crippen LogP contribution in [0.25, 0.3) is 6.08 Å². The molecule has 30 heavy (non-hydrogen) atoms. The summed E-state index contributed by atoms with van der Waals surface area (Å²) in [5.41, 5.74) is 1.76. The number of hydrogen-bond acceptors (Lipinski definition) is 7. The number of carbonyl (C=O) groups is 1. The summed E-state index contributed by atoms with van der Waals surface area (Å²) >= 11 is 6.17. The number of aryl methyl sites for hydroxylation is 2. The molecule has 156 valence electrons. The van der Waals surface area contributed by atoms with Crippen molar-refractivity contribution in [2.24, 2.45) is 0 Å². The van der Waals surface area contributed by atoms with E-state index in [4.69, 9.17) is 16.1 Å². The molecule has 1 aliphatic heterocycles. The Balaban J connectivity index is 1.54. The van der Waals surface area contributed by atoms with E-state index in [2.05, 4.69) is 25.6 Å². The van der Waals surface area contributed by atoms with Gasteiger partial charge in [0.25, 0.3) is 0 Å². The summed E-state index contributed by atoms with van der Waals surface area (Å²) in [7, 11) is 0. The highest BCUT2D eigenvalue weighted by molar-refractivity contribution is 6.30. The molecule has 1 unspecified atom stereocenters. The van der Waals surface area contributed by atoms with Gasteiger partial charge in [-0.1, -0.05) is 22.8 Å². The van der Waals surface area contributed by atoms with Crippen molar-refractivity contribution < 1.29 is 9.32 Å². The minimum atomic E-state index is -0.191. The maximum Gasteiger partial charge on any atom is 0.249 e. The van der Waals surface area contributed by atoms with Crippen molar-refractivity contribution in [3.63, 3.8) is 0 Å². The fourth-order valence-electron chi connectivity index (χ4n) is 3.57. The van der Waals surface area contributed by atoms with Crippen LogP contribution >= 0.6 is 11.6 Å². The number of rotatable bonds is 5. The third-order valence-corrected chi connectivity index (χ3v) is 5.22. The zero-order chi connectivity index (χ0) is 21.1. The van der Waals surface area contributed by atoms with Gasteiger partial charge in [0.15, 0.2) is 11.6 Å². The van der Waals surface area contributed by atoms with Crippen LogP contribution in [0.15, 0.2) is 28.8 Å². The Morgan fingerprint density at radius 2 is 2.17 bits per heavy atom. The molecule has 0 bridgehead atoms. The monoisotopic (exact) mass is 427 g/mol. The first kappa shape index (κ1) is 20.2. The molecule has 4 rings (SSSR count). The Labute approximate surface area is 178 Å². The van der Waals surface area contributed by atoms with Gasteiger partial charge < -0.3 is 9.42 Å². The molecule has 0 aliphatic carbocycles. The van der Waals surface area contributed by atoms with E-state index >= 15 is 0 Å². The summed E-state index contributed by atoms with van der Waals surface area (Å²) < 4.78 is 5.33. The predicted molar refractivity (Wildman–Crippen MR) is 109 cm³/mol. The number of carbonyl (C=O) groups excluding carboxylic acids is 1. The van der Waals surface area contributed by atoms with E-state index in [1.54, 1.807) is 37.0 Å². The van der Waals surface area contributed by atoms with E-state index in [-0.39, 0.29) is 11.9 Å². The van der Waals surface area contributed by atoms with E-state index in [9.17, 15) is 4.79 Å². The number of hydrogen-bond donors (Lipinski definition) is 0. The molecular formula is C20H22ClN7O2. The topological polar surface area (TPSA) is 103 Å². The van der Waals surface area contributed by atoms with Crippen LogP contribution in [-0.2, 0) is 11.3 Å². The van der Waals surface area contributed by atoms with Crippen molar-refractivity contribution in [3.8, 4) is 0 Å². The minimum Gasteiger partial charge on any atom is -0.337 e. The van der Waals surface area contributed by atoms with Crippen molar-refractivity contribution in [1.29, 1.82) is 0 Å². The van der Waals surface area contributed by atoms with Crippen LogP contribution in [0.4, 0.5) is 0 Å². The Morgan fingerprint density at radius 1 is 1.30 bits per heavy atom. The van der Waals surface area contributed by atoms with Crippen molar-refractivity contribution in [2.75, 3.05) is 6.54 Å². The van der Waals surface area contributed by atoms with Crippen molar-refractivity contribution in [2.45, 2.75) is 45.7 Å². The lowest BCUT2D eigenvalue weighted by atomic mass is 10.0. The fourth-order valence-corrected chi connectivity index (χ4v) is 3.77. The van der Waals surface area contributed by atoms with E-state index in [1.165, 1.54) is 4.80 Å². The average molecular weight is 428 g/mol. The quantitative estimate of drug-likeness (QED) is 0.576. The second-order valence-electron chi connectivity index (χ2n) is 7.27. The molecule has 3 aromatic rings. The maximum absolute atomic E-state index is 13.0. The number of piperidine rings is 1. The molecule has 1 aliphatic rings. The van der Waals surface area contributed by atoms with Gasteiger partial charge >= 0.3 is 0 Å². The zero-order valence-electron chi connectivity index (χ0n) is 16.8. The molecule has 0 radical (unpaired) electrons. The van der Waals surface area contributed by atoms with Crippen LogP contribution in [0.3, 0.4) is 0 Å². The number of nitrogens with zero attached hydrogens (tertiary/aromatic N) is 7. The molecule has 0 spiro atoms. The normalized spacial score (nSPS) is 17.0. The SMILES string of the molecule is Cc1noc(C2CCCCN2C(=O)/C=C/c2ccc(Cl)cc2Cn2nnc(C)n2)n1. The molecule has 1 saturated heterocycles. The van der Waals surface area contributed by atoms with Crippen LogP contribution in [0, 0.1) is 13.8 Å². The van der Waals surface area contributed by atoms with Gasteiger partial charge in [0.1, 0.15) is 6.04 Å². The summed E-state index contributed by atoms with van der Waals surface area (Å²) in [6.07, 6.45) is 6.15. The second-order valence-corrected chi connectivity index (χ2v) is 7.70. The lowest BCUT2D eigenvalue weighted by Crippen LogP contribution is -2.37. The zero-order valence-corrected chi connectivity index (χ0v) is 17.6. The molecule has 10 heteroatoms. The Morgan fingerprint density at radius 3 is 2.90 bits per heavy atom. The summed E-state index contributed by atoms with van der Waals surface area (Å²) in [4.78, 5) is 20.6. The van der Waals surface area contributed by atoms with E-state index < -0.39 is 0 Å². The highest BCUT2D eigenvalue weighted by Crippen LogP contribution is 2.30. The first-order valence-electron chi connectivity index (χ1n) is 9.81. The van der Waals surface area contributed by atoms with E-state index in [0.717, 1.165) is 30.4 Å².